The minimum atomic E-state index is -1.26. The predicted octanol–water partition coefficient (Wildman–Crippen LogP) is 2.73. The Hall–Kier alpha value is -1.20. The fourth-order valence-electron chi connectivity index (χ4n) is 1.94. The Bertz CT molecular complexity index is 549. The molecule has 6 heteroatoms. The van der Waals surface area contributed by atoms with E-state index >= 15 is 0 Å². The van der Waals surface area contributed by atoms with Gasteiger partial charge in [-0.15, -0.1) is 0 Å². The summed E-state index contributed by atoms with van der Waals surface area (Å²) in [5.41, 5.74) is 0.751. The van der Waals surface area contributed by atoms with Crippen LogP contribution in [0.4, 0.5) is 5.69 Å². The van der Waals surface area contributed by atoms with Crippen LogP contribution in [0.3, 0.4) is 0 Å². The monoisotopic (exact) mass is 299 g/mol. The largest absolute Gasteiger partial charge is 0.465 e. The molecule has 1 aliphatic rings. The zero-order valence-corrected chi connectivity index (χ0v) is 12.5. The van der Waals surface area contributed by atoms with E-state index in [2.05, 4.69) is 0 Å². The van der Waals surface area contributed by atoms with E-state index in [1.54, 1.807) is 39.1 Å². The summed E-state index contributed by atoms with van der Waals surface area (Å²) in [7, 11) is 1.65. The smallest absolute Gasteiger partial charge is 0.332 e. The van der Waals surface area contributed by atoms with Gasteiger partial charge in [-0.1, -0.05) is 23.4 Å². The molecule has 0 saturated carbocycles. The molecule has 1 amide bonds. The van der Waals surface area contributed by atoms with Crippen molar-refractivity contribution in [2.75, 3.05) is 18.6 Å². The van der Waals surface area contributed by atoms with E-state index in [9.17, 15) is 9.59 Å². The molecule has 19 heavy (non-hydrogen) atoms. The van der Waals surface area contributed by atoms with Crippen LogP contribution >= 0.6 is 23.4 Å². The molecule has 0 radical (unpaired) electrons. The highest BCUT2D eigenvalue weighted by Crippen LogP contribution is 2.46. The van der Waals surface area contributed by atoms with Crippen LogP contribution in [-0.4, -0.2) is 30.3 Å². The van der Waals surface area contributed by atoms with E-state index in [-0.39, 0.29) is 12.5 Å². The number of ether oxygens (including phenoxy) is 1. The average molecular weight is 300 g/mol. The van der Waals surface area contributed by atoms with Crippen molar-refractivity contribution in [2.24, 2.45) is 0 Å². The maximum atomic E-state index is 12.4. The van der Waals surface area contributed by atoms with E-state index in [4.69, 9.17) is 16.3 Å². The fourth-order valence-corrected chi connectivity index (χ4v) is 3.48. The van der Waals surface area contributed by atoms with Gasteiger partial charge in [-0.3, -0.25) is 4.79 Å². The van der Waals surface area contributed by atoms with Crippen molar-refractivity contribution in [1.82, 2.24) is 0 Å². The molecule has 2 rings (SSSR count). The van der Waals surface area contributed by atoms with Gasteiger partial charge < -0.3 is 9.64 Å². The van der Waals surface area contributed by atoms with Crippen LogP contribution in [0.1, 0.15) is 13.8 Å². The van der Waals surface area contributed by atoms with Gasteiger partial charge in [0.15, 0.2) is 4.75 Å². The molecule has 0 saturated heterocycles. The third kappa shape index (κ3) is 2.32. The lowest BCUT2D eigenvalue weighted by Crippen LogP contribution is -2.52. The molecule has 0 aliphatic carbocycles. The molecule has 0 N–H and O–H groups in total. The molecular formula is C13H14ClNO3S. The van der Waals surface area contributed by atoms with Crippen molar-refractivity contribution in [1.29, 1.82) is 0 Å². The van der Waals surface area contributed by atoms with E-state index in [1.165, 1.54) is 16.7 Å². The molecule has 1 heterocycles. The minimum Gasteiger partial charge on any atom is -0.465 e. The third-order valence-electron chi connectivity index (χ3n) is 2.97. The van der Waals surface area contributed by atoms with Crippen LogP contribution < -0.4 is 4.90 Å². The Morgan fingerprint density at radius 1 is 1.53 bits per heavy atom. The number of rotatable bonds is 2. The number of amides is 1. The van der Waals surface area contributed by atoms with Crippen LogP contribution in [0.25, 0.3) is 0 Å². The number of thioether (sulfide) groups is 1. The highest BCUT2D eigenvalue weighted by atomic mass is 35.5. The van der Waals surface area contributed by atoms with Crippen molar-refractivity contribution >= 4 is 40.9 Å². The van der Waals surface area contributed by atoms with Gasteiger partial charge in [0.2, 0.25) is 0 Å². The Labute approximate surface area is 121 Å². The number of carbonyl (C=O) groups excluding carboxylic acids is 2. The van der Waals surface area contributed by atoms with Crippen LogP contribution in [0.15, 0.2) is 23.1 Å². The number of anilines is 1. The second-order valence-corrected chi connectivity index (χ2v) is 6.23. The molecule has 0 fully saturated rings. The fraction of sp³-hybridized carbons (Fsp3) is 0.385. The number of halogens is 1. The number of hydrogen-bond acceptors (Lipinski definition) is 4. The number of nitrogens with zero attached hydrogens (tertiary/aromatic N) is 1. The van der Waals surface area contributed by atoms with E-state index in [1.807, 2.05) is 0 Å². The molecule has 0 aromatic heterocycles. The number of esters is 1. The number of hydrogen-bond donors (Lipinski definition) is 0. The molecule has 0 bridgehead atoms. The third-order valence-corrected chi connectivity index (χ3v) is 4.51. The molecular weight excluding hydrogens is 286 g/mol. The summed E-state index contributed by atoms with van der Waals surface area (Å²) in [6.45, 7) is 3.54. The second kappa shape index (κ2) is 5.06. The maximum Gasteiger partial charge on any atom is 0.332 e. The first-order chi connectivity index (χ1) is 8.90. The minimum absolute atomic E-state index is 0.244. The summed E-state index contributed by atoms with van der Waals surface area (Å²) in [5, 5.41) is 0.570. The van der Waals surface area contributed by atoms with Crippen LogP contribution in [0.5, 0.6) is 0 Å². The molecule has 1 aromatic carbocycles. The first-order valence-corrected chi connectivity index (χ1v) is 7.03. The number of carbonyl (C=O) groups is 2. The van der Waals surface area contributed by atoms with Crippen molar-refractivity contribution in [3.05, 3.63) is 23.2 Å². The summed E-state index contributed by atoms with van der Waals surface area (Å²) in [6, 6.07) is 5.24. The Morgan fingerprint density at radius 3 is 2.84 bits per heavy atom. The van der Waals surface area contributed by atoms with Crippen molar-refractivity contribution < 1.29 is 14.3 Å². The summed E-state index contributed by atoms with van der Waals surface area (Å²) in [5.74, 6) is -0.812. The normalized spacial score (nSPS) is 22.1. The summed E-state index contributed by atoms with van der Waals surface area (Å²) < 4.78 is 3.75. The van der Waals surface area contributed by atoms with Gasteiger partial charge >= 0.3 is 5.97 Å². The van der Waals surface area contributed by atoms with Crippen LogP contribution in [0, 0.1) is 0 Å². The van der Waals surface area contributed by atoms with Crippen LogP contribution in [0.2, 0.25) is 5.02 Å². The first kappa shape index (κ1) is 14.2. The molecule has 4 nitrogen and oxygen atoms in total. The van der Waals surface area contributed by atoms with Crippen LogP contribution in [-0.2, 0) is 14.3 Å². The van der Waals surface area contributed by atoms with Gasteiger partial charge in [-0.25, -0.2) is 4.79 Å². The molecule has 102 valence electrons. The topological polar surface area (TPSA) is 46.6 Å². The Balaban J connectivity index is 2.46. The Kier molecular flexibility index (Phi) is 3.78. The predicted molar refractivity (Wildman–Crippen MR) is 75.8 cm³/mol. The van der Waals surface area contributed by atoms with Gasteiger partial charge in [-0.2, -0.15) is 0 Å². The number of benzene rings is 1. The highest BCUT2D eigenvalue weighted by Gasteiger charge is 2.49. The first-order valence-electron chi connectivity index (χ1n) is 5.84. The van der Waals surface area contributed by atoms with Crippen molar-refractivity contribution in [2.45, 2.75) is 23.5 Å². The summed E-state index contributed by atoms with van der Waals surface area (Å²) in [6.07, 6.45) is 0. The molecule has 1 unspecified atom stereocenters. The SMILES string of the molecule is CCOC(=O)C1(C)Sc2cc(Cl)ccc2N(C)C1=O. The summed E-state index contributed by atoms with van der Waals surface area (Å²) in [4.78, 5) is 26.7. The summed E-state index contributed by atoms with van der Waals surface area (Å²) >= 11 is 7.14. The van der Waals surface area contributed by atoms with Gasteiger partial charge in [0.05, 0.1) is 12.3 Å². The van der Waals surface area contributed by atoms with Gasteiger partial charge in [0.25, 0.3) is 5.91 Å². The van der Waals surface area contributed by atoms with Gasteiger partial charge in [0.1, 0.15) is 0 Å². The number of fused-ring (bicyclic) bond motifs is 1. The Morgan fingerprint density at radius 2 is 2.21 bits per heavy atom. The molecule has 1 atom stereocenters. The highest BCUT2D eigenvalue weighted by molar-refractivity contribution is 8.02. The lowest BCUT2D eigenvalue weighted by molar-refractivity contribution is -0.148. The standard InChI is InChI=1S/C13H14ClNO3S/c1-4-18-12(17)13(2)11(16)15(3)9-6-5-8(14)7-10(9)19-13/h5-7H,4H2,1-3H3. The second-order valence-electron chi connectivity index (χ2n) is 4.33. The molecule has 1 aliphatic heterocycles. The quantitative estimate of drug-likeness (QED) is 0.622. The zero-order chi connectivity index (χ0) is 14.2. The maximum absolute atomic E-state index is 12.4. The van der Waals surface area contributed by atoms with Gasteiger partial charge in [-0.05, 0) is 32.0 Å². The lowest BCUT2D eigenvalue weighted by atomic mass is 10.1. The van der Waals surface area contributed by atoms with Crippen molar-refractivity contribution in [3.63, 3.8) is 0 Å². The van der Waals surface area contributed by atoms with E-state index < -0.39 is 10.7 Å². The molecule has 1 aromatic rings. The average Bonchev–Trinajstić information content (AvgIpc) is 2.36. The van der Waals surface area contributed by atoms with Gasteiger partial charge in [0, 0.05) is 17.0 Å². The van der Waals surface area contributed by atoms with Crippen molar-refractivity contribution in [3.8, 4) is 0 Å². The molecule has 0 spiro atoms. The van der Waals surface area contributed by atoms with E-state index in [0.717, 1.165) is 10.6 Å². The lowest BCUT2D eigenvalue weighted by Gasteiger charge is -2.36. The van der Waals surface area contributed by atoms with E-state index in [0.29, 0.717) is 5.02 Å². The zero-order valence-electron chi connectivity index (χ0n) is 10.9.